The van der Waals surface area contributed by atoms with E-state index in [-0.39, 0.29) is 0 Å². The molecule has 1 nitrogen and oxygen atoms in total. The Labute approximate surface area is 70.4 Å². The molecule has 0 aromatic heterocycles. The Balaban J connectivity index is 2.44. The molecule has 1 aliphatic rings. The van der Waals surface area contributed by atoms with Crippen LogP contribution in [0.2, 0.25) is 0 Å². The summed E-state index contributed by atoms with van der Waals surface area (Å²) in [5.74, 6) is 2.62. The Morgan fingerprint density at radius 1 is 1.27 bits per heavy atom. The number of hydrogen-bond donors (Lipinski definition) is 1. The molecule has 3 atom stereocenters. The van der Waals surface area contributed by atoms with Crippen molar-refractivity contribution in [1.82, 2.24) is 0 Å². The van der Waals surface area contributed by atoms with Gasteiger partial charge in [0.1, 0.15) is 0 Å². The minimum atomic E-state index is 0.486. The molecule has 66 valence electrons. The van der Waals surface area contributed by atoms with Gasteiger partial charge in [-0.25, -0.2) is 0 Å². The Morgan fingerprint density at radius 2 is 1.91 bits per heavy atom. The van der Waals surface area contributed by atoms with Gasteiger partial charge in [0.25, 0.3) is 0 Å². The molecule has 0 unspecified atom stereocenters. The molecule has 1 fully saturated rings. The molecule has 0 amide bonds. The maximum Gasteiger partial charge on any atom is 0.00415 e. The van der Waals surface area contributed by atoms with E-state index < -0.39 is 0 Å². The summed E-state index contributed by atoms with van der Waals surface area (Å²) in [6.45, 7) is 7.01. The SMILES string of the molecule is CC(C)[C@H]1CC[C@@H](N)C[C@H]1C. The second kappa shape index (κ2) is 3.57. The Kier molecular flexibility index (Phi) is 2.94. The van der Waals surface area contributed by atoms with E-state index in [4.69, 9.17) is 5.73 Å². The standard InChI is InChI=1S/C10H21N/c1-7(2)10-5-4-9(11)6-8(10)3/h7-10H,4-6,11H2,1-3H3/t8-,9-,10-/m1/s1. The quantitative estimate of drug-likeness (QED) is 0.618. The predicted octanol–water partition coefficient (Wildman–Crippen LogP) is 2.41. The molecule has 0 aromatic rings. The van der Waals surface area contributed by atoms with Crippen LogP contribution >= 0.6 is 0 Å². The average molecular weight is 155 g/mol. The van der Waals surface area contributed by atoms with Crippen molar-refractivity contribution in [3.63, 3.8) is 0 Å². The van der Waals surface area contributed by atoms with Crippen LogP contribution in [0.5, 0.6) is 0 Å². The van der Waals surface area contributed by atoms with Crippen molar-refractivity contribution in [2.24, 2.45) is 23.5 Å². The lowest BCUT2D eigenvalue weighted by molar-refractivity contribution is 0.180. The molecule has 0 spiro atoms. The molecular formula is C10H21N. The molecule has 1 rings (SSSR count). The highest BCUT2D eigenvalue weighted by molar-refractivity contribution is 4.80. The Bertz CT molecular complexity index is 120. The van der Waals surface area contributed by atoms with Crippen LogP contribution < -0.4 is 5.73 Å². The molecule has 1 aliphatic carbocycles. The van der Waals surface area contributed by atoms with Crippen molar-refractivity contribution in [3.8, 4) is 0 Å². The van der Waals surface area contributed by atoms with Gasteiger partial charge in [0.2, 0.25) is 0 Å². The fourth-order valence-corrected chi connectivity index (χ4v) is 2.45. The number of nitrogens with two attached hydrogens (primary N) is 1. The van der Waals surface area contributed by atoms with Crippen LogP contribution in [0.4, 0.5) is 0 Å². The highest BCUT2D eigenvalue weighted by Gasteiger charge is 2.27. The summed E-state index contributed by atoms with van der Waals surface area (Å²) in [6.07, 6.45) is 3.83. The molecular weight excluding hydrogens is 134 g/mol. The summed E-state index contributed by atoms with van der Waals surface area (Å²) in [5.41, 5.74) is 5.89. The normalized spacial score (nSPS) is 39.5. The van der Waals surface area contributed by atoms with Gasteiger partial charge >= 0.3 is 0 Å². The van der Waals surface area contributed by atoms with E-state index in [1.165, 1.54) is 19.3 Å². The van der Waals surface area contributed by atoms with Gasteiger partial charge in [-0.05, 0) is 37.0 Å². The zero-order valence-corrected chi connectivity index (χ0v) is 8.01. The van der Waals surface area contributed by atoms with E-state index in [0.717, 1.165) is 17.8 Å². The van der Waals surface area contributed by atoms with Crippen LogP contribution in [-0.4, -0.2) is 6.04 Å². The smallest absolute Gasteiger partial charge is 0.00415 e. The first-order valence-corrected chi connectivity index (χ1v) is 4.87. The summed E-state index contributed by atoms with van der Waals surface area (Å²) < 4.78 is 0. The first kappa shape index (κ1) is 9.05. The minimum Gasteiger partial charge on any atom is -0.328 e. The zero-order valence-electron chi connectivity index (χ0n) is 8.01. The van der Waals surface area contributed by atoms with Crippen LogP contribution in [0, 0.1) is 17.8 Å². The van der Waals surface area contributed by atoms with Gasteiger partial charge in [-0.2, -0.15) is 0 Å². The van der Waals surface area contributed by atoms with Crippen LogP contribution in [-0.2, 0) is 0 Å². The van der Waals surface area contributed by atoms with E-state index in [1.807, 2.05) is 0 Å². The van der Waals surface area contributed by atoms with Crippen molar-refractivity contribution >= 4 is 0 Å². The Hall–Kier alpha value is -0.0400. The molecule has 1 heteroatoms. The topological polar surface area (TPSA) is 26.0 Å². The third kappa shape index (κ3) is 2.19. The highest BCUT2D eigenvalue weighted by Crippen LogP contribution is 2.33. The van der Waals surface area contributed by atoms with Crippen molar-refractivity contribution < 1.29 is 0 Å². The van der Waals surface area contributed by atoms with Gasteiger partial charge in [-0.15, -0.1) is 0 Å². The molecule has 0 heterocycles. The monoisotopic (exact) mass is 155 g/mol. The van der Waals surface area contributed by atoms with Crippen molar-refractivity contribution in [2.75, 3.05) is 0 Å². The van der Waals surface area contributed by atoms with E-state index in [0.29, 0.717) is 6.04 Å². The second-order valence-corrected chi connectivity index (χ2v) is 4.46. The number of hydrogen-bond acceptors (Lipinski definition) is 1. The molecule has 2 N–H and O–H groups in total. The van der Waals surface area contributed by atoms with Crippen LogP contribution in [0.3, 0.4) is 0 Å². The zero-order chi connectivity index (χ0) is 8.43. The molecule has 0 aromatic carbocycles. The molecule has 11 heavy (non-hydrogen) atoms. The van der Waals surface area contributed by atoms with Crippen molar-refractivity contribution in [1.29, 1.82) is 0 Å². The van der Waals surface area contributed by atoms with E-state index in [9.17, 15) is 0 Å². The van der Waals surface area contributed by atoms with Gasteiger partial charge < -0.3 is 5.73 Å². The van der Waals surface area contributed by atoms with E-state index in [1.54, 1.807) is 0 Å². The maximum absolute atomic E-state index is 5.89. The fraction of sp³-hybridized carbons (Fsp3) is 1.00. The summed E-state index contributed by atoms with van der Waals surface area (Å²) in [5, 5.41) is 0. The van der Waals surface area contributed by atoms with Crippen LogP contribution in [0.1, 0.15) is 40.0 Å². The van der Waals surface area contributed by atoms with E-state index >= 15 is 0 Å². The van der Waals surface area contributed by atoms with Gasteiger partial charge in [0.05, 0.1) is 0 Å². The summed E-state index contributed by atoms with van der Waals surface area (Å²) >= 11 is 0. The average Bonchev–Trinajstić information content (AvgIpc) is 1.85. The second-order valence-electron chi connectivity index (χ2n) is 4.46. The summed E-state index contributed by atoms with van der Waals surface area (Å²) in [4.78, 5) is 0. The maximum atomic E-state index is 5.89. The summed E-state index contributed by atoms with van der Waals surface area (Å²) in [6, 6.07) is 0.486. The third-order valence-electron chi connectivity index (χ3n) is 3.13. The van der Waals surface area contributed by atoms with Gasteiger partial charge in [-0.3, -0.25) is 0 Å². The van der Waals surface area contributed by atoms with Crippen LogP contribution in [0.15, 0.2) is 0 Å². The lowest BCUT2D eigenvalue weighted by Gasteiger charge is -2.34. The largest absolute Gasteiger partial charge is 0.328 e. The van der Waals surface area contributed by atoms with E-state index in [2.05, 4.69) is 20.8 Å². The molecule has 0 aliphatic heterocycles. The lowest BCUT2D eigenvalue weighted by Crippen LogP contribution is -2.34. The predicted molar refractivity (Wildman–Crippen MR) is 49.3 cm³/mol. The Morgan fingerprint density at radius 3 is 2.36 bits per heavy atom. The molecule has 1 saturated carbocycles. The van der Waals surface area contributed by atoms with Crippen molar-refractivity contribution in [2.45, 2.75) is 46.1 Å². The van der Waals surface area contributed by atoms with Gasteiger partial charge in [0.15, 0.2) is 0 Å². The van der Waals surface area contributed by atoms with Crippen LogP contribution in [0.25, 0.3) is 0 Å². The number of rotatable bonds is 1. The first-order valence-electron chi connectivity index (χ1n) is 4.87. The lowest BCUT2D eigenvalue weighted by atomic mass is 9.73. The van der Waals surface area contributed by atoms with Crippen molar-refractivity contribution in [3.05, 3.63) is 0 Å². The third-order valence-corrected chi connectivity index (χ3v) is 3.13. The summed E-state index contributed by atoms with van der Waals surface area (Å²) in [7, 11) is 0. The van der Waals surface area contributed by atoms with Gasteiger partial charge in [0, 0.05) is 6.04 Å². The minimum absolute atomic E-state index is 0.486. The molecule has 0 radical (unpaired) electrons. The molecule has 0 saturated heterocycles. The molecule has 0 bridgehead atoms. The highest BCUT2D eigenvalue weighted by atomic mass is 14.6. The fourth-order valence-electron chi connectivity index (χ4n) is 2.45. The van der Waals surface area contributed by atoms with Gasteiger partial charge in [-0.1, -0.05) is 20.8 Å². The first-order chi connectivity index (χ1) is 5.11.